The fourth-order valence-electron chi connectivity index (χ4n) is 2.40. The highest BCUT2D eigenvalue weighted by Crippen LogP contribution is 2.26. The number of nitrogens with one attached hydrogen (secondary N) is 2. The van der Waals surface area contributed by atoms with E-state index < -0.39 is 0 Å². The zero-order valence-electron chi connectivity index (χ0n) is 13.3. The molecule has 1 fully saturated rings. The quantitative estimate of drug-likeness (QED) is 0.799. The number of ether oxygens (including phenoxy) is 1. The van der Waals surface area contributed by atoms with Gasteiger partial charge in [0.2, 0.25) is 5.82 Å². The lowest BCUT2D eigenvalue weighted by Crippen LogP contribution is -2.43. The average Bonchev–Trinajstić information content (AvgIpc) is 3.08. The van der Waals surface area contributed by atoms with Crippen LogP contribution in [0.4, 0.5) is 11.6 Å². The second-order valence-electron chi connectivity index (χ2n) is 5.39. The van der Waals surface area contributed by atoms with E-state index in [0.29, 0.717) is 12.5 Å². The molecule has 0 radical (unpaired) electrons. The molecule has 0 spiro atoms. The van der Waals surface area contributed by atoms with Gasteiger partial charge >= 0.3 is 0 Å². The summed E-state index contributed by atoms with van der Waals surface area (Å²) in [7, 11) is 0. The maximum atomic E-state index is 5.90. The molecule has 8 heteroatoms. The minimum absolute atomic E-state index is 0.466. The van der Waals surface area contributed by atoms with Crippen molar-refractivity contribution in [2.24, 2.45) is 0 Å². The number of nitrogens with zero attached hydrogens (tertiary/aromatic N) is 4. The standard InChI is InChI=1S/C15H22N6OS/c1-2-4-17-13-10-12(3-5-18-13)11-22-15-14(19-23-20-15)21-8-6-16-7-9-21/h3,5,10,16H,2,4,6-9,11H2,1H3,(H,17,18). The van der Waals surface area contributed by atoms with Crippen molar-refractivity contribution in [3.63, 3.8) is 0 Å². The Morgan fingerprint density at radius 2 is 2.22 bits per heavy atom. The van der Waals surface area contributed by atoms with Gasteiger partial charge in [0.15, 0.2) is 0 Å². The van der Waals surface area contributed by atoms with E-state index in [0.717, 1.165) is 56.3 Å². The van der Waals surface area contributed by atoms with Crippen molar-refractivity contribution in [3.8, 4) is 5.88 Å². The van der Waals surface area contributed by atoms with E-state index in [-0.39, 0.29) is 0 Å². The van der Waals surface area contributed by atoms with E-state index in [9.17, 15) is 0 Å². The Kier molecular flexibility index (Phi) is 5.60. The molecule has 1 aliphatic heterocycles. The van der Waals surface area contributed by atoms with Crippen molar-refractivity contribution in [2.75, 3.05) is 42.9 Å². The second-order valence-corrected chi connectivity index (χ2v) is 5.92. The van der Waals surface area contributed by atoms with Gasteiger partial charge in [0.25, 0.3) is 5.88 Å². The van der Waals surface area contributed by atoms with E-state index in [4.69, 9.17) is 4.74 Å². The molecule has 0 aliphatic carbocycles. The molecule has 23 heavy (non-hydrogen) atoms. The predicted octanol–water partition coefficient (Wildman–Crippen LogP) is 1.74. The second kappa shape index (κ2) is 8.07. The van der Waals surface area contributed by atoms with Gasteiger partial charge in [-0.2, -0.15) is 4.37 Å². The van der Waals surface area contributed by atoms with E-state index in [1.54, 1.807) is 6.20 Å². The Morgan fingerprint density at radius 3 is 3.04 bits per heavy atom. The third-order valence-electron chi connectivity index (χ3n) is 3.61. The van der Waals surface area contributed by atoms with Crippen molar-refractivity contribution in [3.05, 3.63) is 23.9 Å². The van der Waals surface area contributed by atoms with E-state index in [1.807, 2.05) is 12.1 Å². The van der Waals surface area contributed by atoms with Crippen molar-refractivity contribution < 1.29 is 4.74 Å². The molecule has 1 saturated heterocycles. The van der Waals surface area contributed by atoms with Crippen molar-refractivity contribution in [2.45, 2.75) is 20.0 Å². The number of hydrogen-bond donors (Lipinski definition) is 2. The first-order valence-corrected chi connectivity index (χ1v) is 8.69. The van der Waals surface area contributed by atoms with Crippen LogP contribution in [0.5, 0.6) is 5.88 Å². The van der Waals surface area contributed by atoms with Crippen LogP contribution in [0.1, 0.15) is 18.9 Å². The number of rotatable bonds is 7. The molecule has 124 valence electrons. The molecule has 0 aromatic carbocycles. The van der Waals surface area contributed by atoms with Crippen LogP contribution in [0.25, 0.3) is 0 Å². The summed E-state index contributed by atoms with van der Waals surface area (Å²) in [6.07, 6.45) is 2.87. The highest BCUT2D eigenvalue weighted by Gasteiger charge is 2.19. The summed E-state index contributed by atoms with van der Waals surface area (Å²) >= 11 is 1.20. The van der Waals surface area contributed by atoms with Crippen LogP contribution in [-0.4, -0.2) is 46.5 Å². The van der Waals surface area contributed by atoms with Crippen LogP contribution >= 0.6 is 11.7 Å². The van der Waals surface area contributed by atoms with Gasteiger partial charge in [-0.25, -0.2) is 4.98 Å². The van der Waals surface area contributed by atoms with Gasteiger partial charge in [0.1, 0.15) is 12.4 Å². The molecule has 0 saturated carbocycles. The molecule has 0 unspecified atom stereocenters. The molecule has 1 aliphatic rings. The summed E-state index contributed by atoms with van der Waals surface area (Å²) in [4.78, 5) is 6.52. The fourth-order valence-corrected chi connectivity index (χ4v) is 2.92. The first-order chi connectivity index (χ1) is 11.4. The lowest BCUT2D eigenvalue weighted by atomic mass is 10.3. The average molecular weight is 334 g/mol. The number of anilines is 2. The van der Waals surface area contributed by atoms with Gasteiger partial charge in [-0.15, -0.1) is 4.37 Å². The molecule has 2 N–H and O–H groups in total. The third kappa shape index (κ3) is 4.29. The summed E-state index contributed by atoms with van der Waals surface area (Å²) in [5.74, 6) is 2.36. The Bertz CT molecular complexity index is 614. The van der Waals surface area contributed by atoms with Crippen LogP contribution in [-0.2, 0) is 6.61 Å². The fraction of sp³-hybridized carbons (Fsp3) is 0.533. The minimum Gasteiger partial charge on any atom is -0.470 e. The molecule has 0 atom stereocenters. The van der Waals surface area contributed by atoms with Gasteiger partial charge in [0, 0.05) is 38.9 Å². The number of pyridine rings is 1. The normalized spacial score (nSPS) is 14.7. The number of aromatic nitrogens is 3. The minimum atomic E-state index is 0.466. The van der Waals surface area contributed by atoms with Gasteiger partial charge < -0.3 is 20.3 Å². The van der Waals surface area contributed by atoms with Crippen molar-refractivity contribution in [1.29, 1.82) is 0 Å². The summed E-state index contributed by atoms with van der Waals surface area (Å²) < 4.78 is 14.6. The lowest BCUT2D eigenvalue weighted by Gasteiger charge is -2.27. The topological polar surface area (TPSA) is 75.2 Å². The summed E-state index contributed by atoms with van der Waals surface area (Å²) in [5.41, 5.74) is 1.07. The van der Waals surface area contributed by atoms with Crippen LogP contribution in [0.2, 0.25) is 0 Å². The maximum absolute atomic E-state index is 5.90. The van der Waals surface area contributed by atoms with Crippen LogP contribution in [0.15, 0.2) is 18.3 Å². The van der Waals surface area contributed by atoms with Crippen LogP contribution in [0, 0.1) is 0 Å². The Labute approximate surface area is 140 Å². The maximum Gasteiger partial charge on any atom is 0.271 e. The molecule has 7 nitrogen and oxygen atoms in total. The van der Waals surface area contributed by atoms with Crippen LogP contribution < -0.4 is 20.3 Å². The summed E-state index contributed by atoms with van der Waals surface area (Å²) in [6, 6.07) is 3.97. The van der Waals surface area contributed by atoms with Crippen LogP contribution in [0.3, 0.4) is 0 Å². The zero-order valence-corrected chi connectivity index (χ0v) is 14.1. The Hall–Kier alpha value is -1.93. The monoisotopic (exact) mass is 334 g/mol. The van der Waals surface area contributed by atoms with E-state index in [1.165, 1.54) is 11.7 Å². The third-order valence-corrected chi connectivity index (χ3v) is 4.12. The van der Waals surface area contributed by atoms with E-state index in [2.05, 4.69) is 36.2 Å². The van der Waals surface area contributed by atoms with Crippen molar-refractivity contribution in [1.82, 2.24) is 19.0 Å². The van der Waals surface area contributed by atoms with Gasteiger partial charge in [-0.05, 0) is 24.1 Å². The smallest absolute Gasteiger partial charge is 0.271 e. The van der Waals surface area contributed by atoms with Gasteiger partial charge in [-0.1, -0.05) is 6.92 Å². The van der Waals surface area contributed by atoms with Gasteiger partial charge in [-0.3, -0.25) is 0 Å². The number of piperazine rings is 1. The summed E-state index contributed by atoms with van der Waals surface area (Å²) in [6.45, 7) is 7.31. The first kappa shape index (κ1) is 15.9. The molecule has 0 amide bonds. The molecule has 0 bridgehead atoms. The Morgan fingerprint density at radius 1 is 1.35 bits per heavy atom. The summed E-state index contributed by atoms with van der Waals surface area (Å²) in [5, 5.41) is 6.62. The SMILES string of the molecule is CCCNc1cc(COc2nsnc2N2CCNCC2)ccn1. The lowest BCUT2D eigenvalue weighted by molar-refractivity contribution is 0.296. The predicted molar refractivity (Wildman–Crippen MR) is 92.3 cm³/mol. The largest absolute Gasteiger partial charge is 0.470 e. The highest BCUT2D eigenvalue weighted by molar-refractivity contribution is 6.99. The van der Waals surface area contributed by atoms with Gasteiger partial charge in [0.05, 0.1) is 11.7 Å². The molecule has 3 heterocycles. The highest BCUT2D eigenvalue weighted by atomic mass is 32.1. The molecular formula is C15H22N6OS. The molecule has 3 rings (SSSR count). The number of hydrogen-bond acceptors (Lipinski definition) is 8. The van der Waals surface area contributed by atoms with Crippen molar-refractivity contribution >= 4 is 23.4 Å². The molecular weight excluding hydrogens is 312 g/mol. The molecule has 2 aromatic rings. The van der Waals surface area contributed by atoms with E-state index >= 15 is 0 Å². The molecule has 2 aromatic heterocycles. The zero-order chi connectivity index (χ0) is 15.9. The Balaban J connectivity index is 1.61. The first-order valence-electron chi connectivity index (χ1n) is 7.96.